The zero-order valence-corrected chi connectivity index (χ0v) is 16.3. The molecule has 27 heavy (non-hydrogen) atoms. The summed E-state index contributed by atoms with van der Waals surface area (Å²) in [6.45, 7) is 6.10. The maximum absolute atomic E-state index is 12.3. The average molecular weight is 391 g/mol. The van der Waals surface area contributed by atoms with Crippen molar-refractivity contribution >= 4 is 28.9 Å². The monoisotopic (exact) mass is 391 g/mol. The minimum Gasteiger partial charge on any atom is -0.341 e. The van der Waals surface area contributed by atoms with Gasteiger partial charge in [0.05, 0.1) is 22.1 Å². The Balaban J connectivity index is 1.50. The van der Waals surface area contributed by atoms with Crippen LogP contribution in [0.1, 0.15) is 62.2 Å². The molecule has 0 aromatic carbocycles. The summed E-state index contributed by atoms with van der Waals surface area (Å²) in [5.41, 5.74) is 1.24. The Morgan fingerprint density at radius 3 is 2.44 bits per heavy atom. The Morgan fingerprint density at radius 1 is 1.19 bits per heavy atom. The number of amides is 2. The van der Waals surface area contributed by atoms with E-state index in [0.717, 1.165) is 23.5 Å². The van der Waals surface area contributed by atoms with Crippen LogP contribution in [-0.4, -0.2) is 57.4 Å². The van der Waals surface area contributed by atoms with Crippen LogP contribution in [0, 0.1) is 13.8 Å². The molecule has 3 rings (SSSR count). The molecule has 144 valence electrons. The van der Waals surface area contributed by atoms with E-state index in [0.29, 0.717) is 23.7 Å². The van der Waals surface area contributed by atoms with E-state index in [1.807, 2.05) is 6.92 Å². The lowest BCUT2D eigenvalue weighted by Gasteiger charge is -2.31. The molecular formula is C17H21N5O4S. The molecule has 0 unspecified atom stereocenters. The van der Waals surface area contributed by atoms with Gasteiger partial charge in [0.25, 0.3) is 5.91 Å². The van der Waals surface area contributed by atoms with Crippen LogP contribution in [0.25, 0.3) is 0 Å². The number of hydrogen-bond donors (Lipinski definition) is 1. The van der Waals surface area contributed by atoms with Crippen molar-refractivity contribution in [1.29, 1.82) is 0 Å². The van der Waals surface area contributed by atoms with Crippen molar-refractivity contribution in [3.63, 3.8) is 0 Å². The molecular weight excluding hydrogens is 370 g/mol. The number of ketones is 1. The highest BCUT2D eigenvalue weighted by Crippen LogP contribution is 2.32. The fourth-order valence-electron chi connectivity index (χ4n) is 3.08. The molecule has 0 atom stereocenters. The average Bonchev–Trinajstić information content (AvgIpc) is 3.25. The number of thiazole rings is 1. The van der Waals surface area contributed by atoms with E-state index in [-0.39, 0.29) is 29.8 Å². The number of aromatic nitrogens is 3. The lowest BCUT2D eigenvalue weighted by Crippen LogP contribution is -2.43. The van der Waals surface area contributed by atoms with Gasteiger partial charge in [-0.3, -0.25) is 14.4 Å². The van der Waals surface area contributed by atoms with Crippen LogP contribution in [0.3, 0.4) is 0 Å². The summed E-state index contributed by atoms with van der Waals surface area (Å²) in [5.74, 6) is -0.330. The van der Waals surface area contributed by atoms with Gasteiger partial charge >= 0.3 is 0 Å². The van der Waals surface area contributed by atoms with Crippen LogP contribution in [-0.2, 0) is 4.79 Å². The van der Waals surface area contributed by atoms with Gasteiger partial charge in [0.15, 0.2) is 11.5 Å². The zero-order chi connectivity index (χ0) is 19.6. The molecule has 2 aromatic rings. The summed E-state index contributed by atoms with van der Waals surface area (Å²) >= 11 is 1.45. The highest BCUT2D eigenvalue weighted by molar-refractivity contribution is 7.13. The molecule has 0 saturated carbocycles. The largest absolute Gasteiger partial charge is 0.341 e. The number of rotatable bonds is 5. The van der Waals surface area contributed by atoms with E-state index in [2.05, 4.69) is 25.2 Å². The molecule has 3 heterocycles. The predicted molar refractivity (Wildman–Crippen MR) is 96.8 cm³/mol. The first-order valence-electron chi connectivity index (χ1n) is 8.70. The summed E-state index contributed by atoms with van der Waals surface area (Å²) in [6, 6.07) is 0. The molecule has 1 N–H and O–H groups in total. The van der Waals surface area contributed by atoms with Gasteiger partial charge in [0.1, 0.15) is 5.69 Å². The molecule has 1 saturated heterocycles. The Hall–Kier alpha value is -2.62. The van der Waals surface area contributed by atoms with Crippen LogP contribution in [0.2, 0.25) is 0 Å². The van der Waals surface area contributed by atoms with Crippen molar-refractivity contribution in [1.82, 2.24) is 25.5 Å². The molecule has 0 spiro atoms. The van der Waals surface area contributed by atoms with Gasteiger partial charge in [-0.1, -0.05) is 5.16 Å². The minimum atomic E-state index is -0.480. The Kier molecular flexibility index (Phi) is 5.64. The summed E-state index contributed by atoms with van der Waals surface area (Å²) in [7, 11) is 0. The highest BCUT2D eigenvalue weighted by Gasteiger charge is 2.27. The smallest absolute Gasteiger partial charge is 0.275 e. The van der Waals surface area contributed by atoms with Gasteiger partial charge < -0.3 is 10.2 Å². The number of hydrogen-bond acceptors (Lipinski definition) is 8. The number of nitrogens with one attached hydrogen (secondary N) is 1. The first-order valence-corrected chi connectivity index (χ1v) is 9.52. The SMILES string of the molecule is CC(=O)c1sc(C2CCN(C(=O)CNC(=O)c3nonc3C)CC2)nc1C. The van der Waals surface area contributed by atoms with Crippen molar-refractivity contribution in [3.05, 3.63) is 27.0 Å². The quantitative estimate of drug-likeness (QED) is 0.767. The summed E-state index contributed by atoms with van der Waals surface area (Å²) < 4.78 is 4.49. The second kappa shape index (κ2) is 7.95. The van der Waals surface area contributed by atoms with Crippen LogP contribution < -0.4 is 5.32 Å². The fourth-order valence-corrected chi connectivity index (χ4v) is 4.21. The van der Waals surface area contributed by atoms with E-state index >= 15 is 0 Å². The number of aryl methyl sites for hydroxylation is 2. The van der Waals surface area contributed by atoms with Crippen molar-refractivity contribution in [2.24, 2.45) is 0 Å². The van der Waals surface area contributed by atoms with E-state index in [1.165, 1.54) is 11.3 Å². The normalized spacial score (nSPS) is 15.0. The molecule has 1 fully saturated rings. The van der Waals surface area contributed by atoms with Gasteiger partial charge in [-0.15, -0.1) is 11.3 Å². The van der Waals surface area contributed by atoms with E-state index < -0.39 is 5.91 Å². The van der Waals surface area contributed by atoms with Gasteiger partial charge in [-0.25, -0.2) is 9.61 Å². The van der Waals surface area contributed by atoms with Crippen LogP contribution in [0.15, 0.2) is 4.63 Å². The minimum absolute atomic E-state index is 0.0390. The number of piperidine rings is 1. The number of carbonyl (C=O) groups is 3. The molecule has 10 heteroatoms. The Morgan fingerprint density at radius 2 is 1.89 bits per heavy atom. The number of carbonyl (C=O) groups excluding carboxylic acids is 3. The van der Waals surface area contributed by atoms with Gasteiger partial charge in [0, 0.05) is 25.9 Å². The highest BCUT2D eigenvalue weighted by atomic mass is 32.1. The summed E-state index contributed by atoms with van der Waals surface area (Å²) in [6.07, 6.45) is 1.58. The topological polar surface area (TPSA) is 118 Å². The van der Waals surface area contributed by atoms with Crippen LogP contribution in [0.5, 0.6) is 0 Å². The maximum atomic E-state index is 12.3. The number of Topliss-reactive ketones (excluding diaryl/α,β-unsaturated/α-hetero) is 1. The molecule has 1 aliphatic rings. The molecule has 0 bridgehead atoms. The molecule has 0 aliphatic carbocycles. The molecule has 2 amide bonds. The van der Waals surface area contributed by atoms with E-state index in [9.17, 15) is 14.4 Å². The van der Waals surface area contributed by atoms with Crippen molar-refractivity contribution < 1.29 is 19.0 Å². The lowest BCUT2D eigenvalue weighted by atomic mass is 9.97. The Bertz CT molecular complexity index is 867. The first-order chi connectivity index (χ1) is 12.9. The summed E-state index contributed by atoms with van der Waals surface area (Å²) in [4.78, 5) is 42.9. The summed E-state index contributed by atoms with van der Waals surface area (Å²) in [5, 5.41) is 10.6. The second-order valence-electron chi connectivity index (χ2n) is 6.56. The van der Waals surface area contributed by atoms with Crippen molar-refractivity contribution in [2.75, 3.05) is 19.6 Å². The standard InChI is InChI=1S/C17H21N5O4S/c1-9-14(21-26-20-9)16(25)18-8-13(24)22-6-4-12(5-7-22)17-19-10(2)15(27-17)11(3)23/h12H,4-8H2,1-3H3,(H,18,25). The van der Waals surface area contributed by atoms with Crippen LogP contribution >= 0.6 is 11.3 Å². The molecule has 0 radical (unpaired) electrons. The van der Waals surface area contributed by atoms with Gasteiger partial charge in [-0.2, -0.15) is 0 Å². The fraction of sp³-hybridized carbons (Fsp3) is 0.529. The third kappa shape index (κ3) is 4.21. The third-order valence-electron chi connectivity index (χ3n) is 4.60. The van der Waals surface area contributed by atoms with E-state index in [4.69, 9.17) is 0 Å². The van der Waals surface area contributed by atoms with Gasteiger partial charge in [-0.05, 0) is 31.8 Å². The van der Waals surface area contributed by atoms with E-state index in [1.54, 1.807) is 18.7 Å². The lowest BCUT2D eigenvalue weighted by molar-refractivity contribution is -0.131. The van der Waals surface area contributed by atoms with Crippen LogP contribution in [0.4, 0.5) is 0 Å². The van der Waals surface area contributed by atoms with Gasteiger partial charge in [0.2, 0.25) is 5.91 Å². The predicted octanol–water partition coefficient (Wildman–Crippen LogP) is 1.48. The Labute approximate surface area is 160 Å². The first kappa shape index (κ1) is 19.2. The molecule has 1 aliphatic heterocycles. The number of nitrogens with zero attached hydrogens (tertiary/aromatic N) is 4. The third-order valence-corrected chi connectivity index (χ3v) is 6.02. The maximum Gasteiger partial charge on any atom is 0.275 e. The number of likely N-dealkylation sites (tertiary alicyclic amines) is 1. The zero-order valence-electron chi connectivity index (χ0n) is 15.4. The second-order valence-corrected chi connectivity index (χ2v) is 7.59. The van der Waals surface area contributed by atoms with Crippen molar-refractivity contribution in [2.45, 2.75) is 39.5 Å². The molecule has 2 aromatic heterocycles. The molecule has 9 nitrogen and oxygen atoms in total. The van der Waals surface area contributed by atoms with Crippen molar-refractivity contribution in [3.8, 4) is 0 Å².